The van der Waals surface area contributed by atoms with Gasteiger partial charge in [-0.2, -0.15) is 4.98 Å². The Bertz CT molecular complexity index is 603. The zero-order valence-electron chi connectivity index (χ0n) is 10.3. The van der Waals surface area contributed by atoms with Crippen molar-refractivity contribution in [3.63, 3.8) is 0 Å². The highest BCUT2D eigenvalue weighted by molar-refractivity contribution is 7.10. The largest absolute Gasteiger partial charge is 0.357 e. The van der Waals surface area contributed by atoms with Crippen LogP contribution in [0.2, 0.25) is 5.28 Å². The lowest BCUT2D eigenvalue weighted by atomic mass is 10.2. The average molecular weight is 299 g/mol. The maximum Gasteiger partial charge on any atom is 0.332 e. The topological polar surface area (TPSA) is 81.0 Å². The molecule has 0 radical (unpaired) electrons. The van der Waals surface area contributed by atoms with Crippen LogP contribution in [-0.2, 0) is 0 Å². The number of nitrogens with one attached hydrogen (secondary N) is 1. The molecule has 0 aromatic carbocycles. The van der Waals surface area contributed by atoms with Gasteiger partial charge in [0, 0.05) is 4.88 Å². The number of halogens is 1. The fourth-order valence-electron chi connectivity index (χ4n) is 1.67. The number of thiophene rings is 1. The van der Waals surface area contributed by atoms with E-state index in [1.165, 1.54) is 6.92 Å². The first-order valence-corrected chi connectivity index (χ1v) is 6.73. The van der Waals surface area contributed by atoms with E-state index in [2.05, 4.69) is 15.3 Å². The van der Waals surface area contributed by atoms with Crippen molar-refractivity contribution in [1.29, 1.82) is 0 Å². The van der Waals surface area contributed by atoms with Crippen LogP contribution in [0.5, 0.6) is 0 Å². The second kappa shape index (κ2) is 5.50. The number of anilines is 1. The Morgan fingerprint density at radius 1 is 1.53 bits per heavy atom. The van der Waals surface area contributed by atoms with E-state index in [1.807, 2.05) is 24.4 Å². The van der Waals surface area contributed by atoms with Crippen molar-refractivity contribution in [3.05, 3.63) is 43.5 Å². The third-order valence-corrected chi connectivity index (χ3v) is 3.76. The third kappa shape index (κ3) is 2.99. The second-order valence-electron chi connectivity index (χ2n) is 3.91. The number of aryl methyl sites for hydroxylation is 1. The Labute approximate surface area is 118 Å². The molecule has 2 aromatic heterocycles. The van der Waals surface area contributed by atoms with Crippen LogP contribution in [0.4, 0.5) is 11.5 Å². The highest BCUT2D eigenvalue weighted by Gasteiger charge is 2.23. The molecule has 0 aliphatic heterocycles. The van der Waals surface area contributed by atoms with Crippen LogP contribution in [0, 0.1) is 17.0 Å². The summed E-state index contributed by atoms with van der Waals surface area (Å²) in [6, 6.07) is 3.78. The second-order valence-corrected chi connectivity index (χ2v) is 5.23. The Morgan fingerprint density at radius 2 is 2.26 bits per heavy atom. The lowest BCUT2D eigenvalue weighted by Gasteiger charge is -2.13. The van der Waals surface area contributed by atoms with Gasteiger partial charge in [-0.3, -0.25) is 10.1 Å². The van der Waals surface area contributed by atoms with E-state index in [0.29, 0.717) is 0 Å². The molecule has 19 heavy (non-hydrogen) atoms. The number of aromatic nitrogens is 2. The zero-order valence-corrected chi connectivity index (χ0v) is 11.8. The molecule has 1 N–H and O–H groups in total. The van der Waals surface area contributed by atoms with Gasteiger partial charge in [0.25, 0.3) is 0 Å². The van der Waals surface area contributed by atoms with Gasteiger partial charge in [0.15, 0.2) is 0 Å². The molecule has 0 saturated heterocycles. The van der Waals surface area contributed by atoms with Gasteiger partial charge in [-0.05, 0) is 36.9 Å². The van der Waals surface area contributed by atoms with Gasteiger partial charge in [0.2, 0.25) is 11.1 Å². The molecule has 0 amide bonds. The van der Waals surface area contributed by atoms with E-state index in [4.69, 9.17) is 11.6 Å². The van der Waals surface area contributed by atoms with Gasteiger partial charge >= 0.3 is 5.69 Å². The minimum Gasteiger partial charge on any atom is -0.357 e. The summed E-state index contributed by atoms with van der Waals surface area (Å²) < 4.78 is 0. The Morgan fingerprint density at radius 3 is 2.84 bits per heavy atom. The smallest absolute Gasteiger partial charge is 0.332 e. The lowest BCUT2D eigenvalue weighted by molar-refractivity contribution is -0.385. The van der Waals surface area contributed by atoms with Crippen molar-refractivity contribution in [3.8, 4) is 0 Å². The summed E-state index contributed by atoms with van der Waals surface area (Å²) >= 11 is 7.32. The molecular weight excluding hydrogens is 288 g/mol. The van der Waals surface area contributed by atoms with E-state index in [9.17, 15) is 10.1 Å². The molecule has 0 fully saturated rings. The maximum atomic E-state index is 11.1. The van der Waals surface area contributed by atoms with Gasteiger partial charge in [-0.1, -0.05) is 6.07 Å². The SMILES string of the molecule is Cc1nc(Cl)nc(NC(C)c2cccs2)c1[N+](=O)[O-]. The molecule has 100 valence electrons. The van der Waals surface area contributed by atoms with Crippen molar-refractivity contribution in [2.24, 2.45) is 0 Å². The Kier molecular flexibility index (Phi) is 3.96. The van der Waals surface area contributed by atoms with Crippen LogP contribution >= 0.6 is 22.9 Å². The molecule has 0 bridgehead atoms. The third-order valence-electron chi connectivity index (χ3n) is 2.54. The van der Waals surface area contributed by atoms with E-state index >= 15 is 0 Å². The van der Waals surface area contributed by atoms with Crippen LogP contribution in [0.25, 0.3) is 0 Å². The zero-order chi connectivity index (χ0) is 14.0. The number of nitro groups is 1. The first-order chi connectivity index (χ1) is 8.99. The van der Waals surface area contributed by atoms with E-state index in [0.717, 1.165) is 4.88 Å². The fourth-order valence-corrected chi connectivity index (χ4v) is 2.61. The first-order valence-electron chi connectivity index (χ1n) is 5.47. The molecule has 0 aliphatic carbocycles. The van der Waals surface area contributed by atoms with E-state index < -0.39 is 4.92 Å². The first kappa shape index (κ1) is 13.7. The molecule has 0 spiro atoms. The highest BCUT2D eigenvalue weighted by atomic mass is 35.5. The summed E-state index contributed by atoms with van der Waals surface area (Å²) in [6.07, 6.45) is 0. The van der Waals surface area contributed by atoms with Crippen LogP contribution in [0.15, 0.2) is 17.5 Å². The van der Waals surface area contributed by atoms with Gasteiger partial charge < -0.3 is 5.32 Å². The number of hydrogen-bond acceptors (Lipinski definition) is 6. The number of hydrogen-bond donors (Lipinski definition) is 1. The van der Waals surface area contributed by atoms with Crippen LogP contribution in [0.3, 0.4) is 0 Å². The molecule has 0 aliphatic rings. The van der Waals surface area contributed by atoms with Crippen LogP contribution < -0.4 is 5.32 Å². The highest BCUT2D eigenvalue weighted by Crippen LogP contribution is 2.30. The predicted octanol–water partition coefficient (Wildman–Crippen LogP) is 3.58. The summed E-state index contributed by atoms with van der Waals surface area (Å²) in [4.78, 5) is 19.3. The van der Waals surface area contributed by atoms with Gasteiger partial charge in [0.05, 0.1) is 11.0 Å². The van der Waals surface area contributed by atoms with Crippen molar-refractivity contribution < 1.29 is 4.92 Å². The number of nitrogens with zero attached hydrogens (tertiary/aromatic N) is 3. The van der Waals surface area contributed by atoms with E-state index in [-0.39, 0.29) is 28.5 Å². The van der Waals surface area contributed by atoms with Gasteiger partial charge in [-0.15, -0.1) is 11.3 Å². The summed E-state index contributed by atoms with van der Waals surface area (Å²) in [5.41, 5.74) is 0.0960. The molecule has 8 heteroatoms. The quantitative estimate of drug-likeness (QED) is 0.530. The maximum absolute atomic E-state index is 11.1. The molecule has 1 unspecified atom stereocenters. The minimum atomic E-state index is -0.505. The van der Waals surface area contributed by atoms with Crippen molar-refractivity contribution >= 4 is 34.4 Å². The molecule has 2 aromatic rings. The van der Waals surface area contributed by atoms with Crippen molar-refractivity contribution in [1.82, 2.24) is 9.97 Å². The molecular formula is C11H11ClN4O2S. The van der Waals surface area contributed by atoms with Gasteiger partial charge in [0.1, 0.15) is 5.69 Å². The molecule has 0 saturated carbocycles. The van der Waals surface area contributed by atoms with E-state index in [1.54, 1.807) is 11.3 Å². The van der Waals surface area contributed by atoms with Gasteiger partial charge in [-0.25, -0.2) is 4.98 Å². The van der Waals surface area contributed by atoms with Crippen molar-refractivity contribution in [2.75, 3.05) is 5.32 Å². The average Bonchev–Trinajstić information content (AvgIpc) is 2.80. The number of rotatable bonds is 4. The molecule has 2 rings (SSSR count). The summed E-state index contributed by atoms with van der Waals surface area (Å²) in [7, 11) is 0. The van der Waals surface area contributed by atoms with Crippen molar-refractivity contribution in [2.45, 2.75) is 19.9 Å². The predicted molar refractivity (Wildman–Crippen MR) is 74.8 cm³/mol. The Balaban J connectivity index is 2.36. The standard InChI is InChI=1S/C11H11ClN4O2S/c1-6(8-4-3-5-19-8)13-10-9(16(17)18)7(2)14-11(12)15-10/h3-6H,1-2H3,(H,13,14,15). The monoisotopic (exact) mass is 298 g/mol. The Hall–Kier alpha value is -1.73. The fraction of sp³-hybridized carbons (Fsp3) is 0.273. The molecule has 6 nitrogen and oxygen atoms in total. The minimum absolute atomic E-state index is 0.0102. The van der Waals surface area contributed by atoms with Crippen LogP contribution in [-0.4, -0.2) is 14.9 Å². The summed E-state index contributed by atoms with van der Waals surface area (Å²) in [6.45, 7) is 3.44. The lowest BCUT2D eigenvalue weighted by Crippen LogP contribution is -2.10. The summed E-state index contributed by atoms with van der Waals surface area (Å²) in [5.74, 6) is 0.142. The molecule has 1 atom stereocenters. The molecule has 2 heterocycles. The normalized spacial score (nSPS) is 12.2. The summed E-state index contributed by atoms with van der Waals surface area (Å²) in [5, 5.41) is 16.0. The van der Waals surface area contributed by atoms with Crippen LogP contribution in [0.1, 0.15) is 23.5 Å².